The predicted molar refractivity (Wildman–Crippen MR) is 72.3 cm³/mol. The van der Waals surface area contributed by atoms with Gasteiger partial charge >= 0.3 is 0 Å². The number of fused-ring (bicyclic) bond motifs is 2. The van der Waals surface area contributed by atoms with Gasteiger partial charge in [-0.15, -0.1) is 0 Å². The quantitative estimate of drug-likeness (QED) is 0.877. The molecular formula is C14H24N4. The number of piperidine rings is 1. The fourth-order valence-corrected chi connectivity index (χ4v) is 3.75. The first-order chi connectivity index (χ1) is 8.76. The van der Waals surface area contributed by atoms with E-state index in [1.54, 1.807) is 0 Å². The topological polar surface area (TPSA) is 33.1 Å². The molecule has 0 aliphatic carbocycles. The van der Waals surface area contributed by atoms with Crippen LogP contribution in [0.15, 0.2) is 12.4 Å². The summed E-state index contributed by atoms with van der Waals surface area (Å²) in [5.74, 6) is 0. The SMILES string of the molecule is CCNC1CC2CCC(C1)N2Cc1cnn(C)c1. The van der Waals surface area contributed by atoms with Crippen molar-refractivity contribution in [1.29, 1.82) is 0 Å². The molecule has 1 aromatic heterocycles. The first-order valence-corrected chi connectivity index (χ1v) is 7.23. The molecule has 2 fully saturated rings. The molecule has 3 rings (SSSR count). The van der Waals surface area contributed by atoms with Crippen molar-refractivity contribution in [2.24, 2.45) is 7.05 Å². The number of hydrogen-bond donors (Lipinski definition) is 1. The number of aromatic nitrogens is 2. The van der Waals surface area contributed by atoms with Crippen LogP contribution in [0.25, 0.3) is 0 Å². The molecule has 0 saturated carbocycles. The molecule has 2 unspecified atom stereocenters. The van der Waals surface area contributed by atoms with Gasteiger partial charge in [0.2, 0.25) is 0 Å². The van der Waals surface area contributed by atoms with Crippen LogP contribution < -0.4 is 5.32 Å². The molecule has 0 spiro atoms. The molecule has 2 aliphatic heterocycles. The van der Waals surface area contributed by atoms with Gasteiger partial charge in [0.1, 0.15) is 0 Å². The normalized spacial score (nSPS) is 32.0. The van der Waals surface area contributed by atoms with Gasteiger partial charge in [0.15, 0.2) is 0 Å². The molecule has 2 atom stereocenters. The van der Waals surface area contributed by atoms with E-state index in [1.165, 1.54) is 31.2 Å². The monoisotopic (exact) mass is 248 g/mol. The minimum Gasteiger partial charge on any atom is -0.314 e. The summed E-state index contributed by atoms with van der Waals surface area (Å²) in [6, 6.07) is 2.32. The Bertz CT molecular complexity index is 386. The zero-order valence-electron chi connectivity index (χ0n) is 11.5. The summed E-state index contributed by atoms with van der Waals surface area (Å²) in [6.07, 6.45) is 9.57. The van der Waals surface area contributed by atoms with Crippen LogP contribution in [-0.4, -0.2) is 39.4 Å². The Labute approximate surface area is 109 Å². The van der Waals surface area contributed by atoms with E-state index in [4.69, 9.17) is 0 Å². The minimum absolute atomic E-state index is 0.748. The first-order valence-electron chi connectivity index (χ1n) is 7.23. The van der Waals surface area contributed by atoms with Gasteiger partial charge in [-0.3, -0.25) is 9.58 Å². The maximum absolute atomic E-state index is 4.27. The Morgan fingerprint density at radius 3 is 2.61 bits per heavy atom. The van der Waals surface area contributed by atoms with Crippen LogP contribution in [0.2, 0.25) is 0 Å². The summed E-state index contributed by atoms with van der Waals surface area (Å²) >= 11 is 0. The second-order valence-electron chi connectivity index (χ2n) is 5.81. The summed E-state index contributed by atoms with van der Waals surface area (Å²) in [5, 5.41) is 7.91. The Morgan fingerprint density at radius 1 is 1.33 bits per heavy atom. The standard InChI is InChI=1S/C14H24N4/c1-3-15-12-6-13-4-5-14(7-12)18(13)10-11-8-16-17(2)9-11/h8-9,12-15H,3-7,10H2,1-2H3. The molecule has 100 valence electrons. The van der Waals surface area contributed by atoms with Gasteiger partial charge in [-0.25, -0.2) is 0 Å². The molecule has 1 aromatic rings. The minimum atomic E-state index is 0.748. The molecule has 0 radical (unpaired) electrons. The van der Waals surface area contributed by atoms with Crippen LogP contribution in [-0.2, 0) is 13.6 Å². The second-order valence-corrected chi connectivity index (χ2v) is 5.81. The third-order valence-electron chi connectivity index (χ3n) is 4.50. The number of hydrogen-bond acceptors (Lipinski definition) is 3. The van der Waals surface area contributed by atoms with Crippen LogP contribution in [0.3, 0.4) is 0 Å². The Kier molecular flexibility index (Phi) is 3.39. The van der Waals surface area contributed by atoms with Gasteiger partial charge in [-0.1, -0.05) is 6.92 Å². The van der Waals surface area contributed by atoms with E-state index in [2.05, 4.69) is 28.4 Å². The van der Waals surface area contributed by atoms with E-state index in [9.17, 15) is 0 Å². The summed E-state index contributed by atoms with van der Waals surface area (Å²) < 4.78 is 1.91. The van der Waals surface area contributed by atoms with E-state index >= 15 is 0 Å². The highest BCUT2D eigenvalue weighted by atomic mass is 15.3. The lowest BCUT2D eigenvalue weighted by molar-refractivity contribution is 0.110. The third kappa shape index (κ3) is 2.31. The van der Waals surface area contributed by atoms with E-state index in [-0.39, 0.29) is 0 Å². The van der Waals surface area contributed by atoms with E-state index in [1.807, 2.05) is 17.9 Å². The third-order valence-corrected chi connectivity index (χ3v) is 4.50. The predicted octanol–water partition coefficient (Wildman–Crippen LogP) is 1.52. The molecule has 2 bridgehead atoms. The maximum Gasteiger partial charge on any atom is 0.0534 e. The number of aryl methyl sites for hydroxylation is 1. The molecule has 4 heteroatoms. The summed E-state index contributed by atoms with van der Waals surface area (Å²) in [6.45, 7) is 4.40. The molecule has 0 aromatic carbocycles. The van der Waals surface area contributed by atoms with E-state index in [0.29, 0.717) is 0 Å². The maximum atomic E-state index is 4.27. The average molecular weight is 248 g/mol. The van der Waals surface area contributed by atoms with Crippen LogP contribution >= 0.6 is 0 Å². The average Bonchev–Trinajstić information content (AvgIpc) is 2.83. The summed E-state index contributed by atoms with van der Waals surface area (Å²) in [7, 11) is 2.00. The molecule has 2 aliphatic rings. The van der Waals surface area contributed by atoms with Gasteiger partial charge in [0.25, 0.3) is 0 Å². The highest BCUT2D eigenvalue weighted by molar-refractivity contribution is 5.07. The highest BCUT2D eigenvalue weighted by Crippen LogP contribution is 2.36. The lowest BCUT2D eigenvalue weighted by Crippen LogP contribution is -2.48. The van der Waals surface area contributed by atoms with Crippen molar-refractivity contribution in [2.45, 2.75) is 57.3 Å². The Morgan fingerprint density at radius 2 is 2.06 bits per heavy atom. The molecule has 3 heterocycles. The van der Waals surface area contributed by atoms with Gasteiger partial charge < -0.3 is 5.32 Å². The van der Waals surface area contributed by atoms with Crippen LogP contribution in [0, 0.1) is 0 Å². The van der Waals surface area contributed by atoms with Crippen molar-refractivity contribution in [2.75, 3.05) is 6.54 Å². The molecule has 2 saturated heterocycles. The highest BCUT2D eigenvalue weighted by Gasteiger charge is 2.40. The molecular weight excluding hydrogens is 224 g/mol. The fourth-order valence-electron chi connectivity index (χ4n) is 3.75. The van der Waals surface area contributed by atoms with Gasteiger partial charge in [0.05, 0.1) is 6.20 Å². The molecule has 4 nitrogen and oxygen atoms in total. The van der Waals surface area contributed by atoms with Crippen LogP contribution in [0.5, 0.6) is 0 Å². The van der Waals surface area contributed by atoms with Crippen molar-refractivity contribution in [3.8, 4) is 0 Å². The molecule has 1 N–H and O–H groups in total. The van der Waals surface area contributed by atoms with E-state index < -0.39 is 0 Å². The van der Waals surface area contributed by atoms with Crippen molar-refractivity contribution >= 4 is 0 Å². The smallest absolute Gasteiger partial charge is 0.0534 e. The molecule has 0 amide bonds. The van der Waals surface area contributed by atoms with Gasteiger partial charge in [-0.05, 0) is 32.2 Å². The molecule has 18 heavy (non-hydrogen) atoms. The summed E-state index contributed by atoms with van der Waals surface area (Å²) in [4.78, 5) is 2.71. The van der Waals surface area contributed by atoms with Crippen molar-refractivity contribution < 1.29 is 0 Å². The summed E-state index contributed by atoms with van der Waals surface area (Å²) in [5.41, 5.74) is 1.36. The number of nitrogens with one attached hydrogen (secondary N) is 1. The zero-order valence-corrected chi connectivity index (χ0v) is 11.5. The van der Waals surface area contributed by atoms with Crippen LogP contribution in [0.1, 0.15) is 38.2 Å². The van der Waals surface area contributed by atoms with Crippen molar-refractivity contribution in [3.63, 3.8) is 0 Å². The van der Waals surface area contributed by atoms with Crippen molar-refractivity contribution in [3.05, 3.63) is 18.0 Å². The van der Waals surface area contributed by atoms with Gasteiger partial charge in [-0.2, -0.15) is 5.10 Å². The fraction of sp³-hybridized carbons (Fsp3) is 0.786. The lowest BCUT2D eigenvalue weighted by Gasteiger charge is -2.39. The first kappa shape index (κ1) is 12.2. The zero-order chi connectivity index (χ0) is 12.5. The van der Waals surface area contributed by atoms with E-state index in [0.717, 1.165) is 31.2 Å². The Hall–Kier alpha value is -0.870. The largest absolute Gasteiger partial charge is 0.314 e. The number of nitrogens with zero attached hydrogens (tertiary/aromatic N) is 3. The van der Waals surface area contributed by atoms with Crippen molar-refractivity contribution in [1.82, 2.24) is 20.0 Å². The van der Waals surface area contributed by atoms with Gasteiger partial charge in [0, 0.05) is 43.5 Å². The second kappa shape index (κ2) is 5.02. The van der Waals surface area contributed by atoms with Crippen LogP contribution in [0.4, 0.5) is 0 Å². The lowest BCUT2D eigenvalue weighted by atomic mass is 9.97. The Balaban J connectivity index is 1.65. The number of rotatable bonds is 4.